The number of nitrogens with zero attached hydrogens (tertiary/aromatic N) is 2. The summed E-state index contributed by atoms with van der Waals surface area (Å²) in [6, 6.07) is 12.8. The SMILES string of the molecule is CCc1ccc(N(C)Cc2ccc(CN)cn2)cc1. The summed E-state index contributed by atoms with van der Waals surface area (Å²) in [5.74, 6) is 0. The molecule has 2 aromatic rings. The summed E-state index contributed by atoms with van der Waals surface area (Å²) in [5.41, 5.74) is 10.3. The lowest BCUT2D eigenvalue weighted by atomic mass is 10.1. The van der Waals surface area contributed by atoms with Crippen LogP contribution in [-0.2, 0) is 19.5 Å². The molecule has 3 nitrogen and oxygen atoms in total. The summed E-state index contributed by atoms with van der Waals surface area (Å²) < 4.78 is 0. The van der Waals surface area contributed by atoms with Gasteiger partial charge < -0.3 is 10.6 Å². The fraction of sp³-hybridized carbons (Fsp3) is 0.312. The molecule has 0 fully saturated rings. The average molecular weight is 255 g/mol. The number of hydrogen-bond donors (Lipinski definition) is 1. The third kappa shape index (κ3) is 3.55. The normalized spacial score (nSPS) is 10.5. The molecule has 1 aromatic heterocycles. The van der Waals surface area contributed by atoms with Gasteiger partial charge in [-0.15, -0.1) is 0 Å². The molecule has 0 saturated heterocycles. The fourth-order valence-corrected chi connectivity index (χ4v) is 1.99. The van der Waals surface area contributed by atoms with Gasteiger partial charge in [0.1, 0.15) is 0 Å². The molecule has 2 rings (SSSR count). The maximum atomic E-state index is 5.57. The molecule has 0 radical (unpaired) electrons. The van der Waals surface area contributed by atoms with E-state index in [-0.39, 0.29) is 0 Å². The van der Waals surface area contributed by atoms with Crippen LogP contribution in [0.1, 0.15) is 23.7 Å². The lowest BCUT2D eigenvalue weighted by molar-refractivity contribution is 0.877. The van der Waals surface area contributed by atoms with E-state index in [1.54, 1.807) is 0 Å². The summed E-state index contributed by atoms with van der Waals surface area (Å²) in [5, 5.41) is 0. The zero-order valence-electron chi connectivity index (χ0n) is 11.6. The molecule has 2 N–H and O–H groups in total. The number of hydrogen-bond acceptors (Lipinski definition) is 3. The zero-order valence-corrected chi connectivity index (χ0v) is 11.6. The van der Waals surface area contributed by atoms with E-state index in [2.05, 4.69) is 48.1 Å². The molecule has 0 bridgehead atoms. The van der Waals surface area contributed by atoms with E-state index in [0.29, 0.717) is 6.54 Å². The van der Waals surface area contributed by atoms with Gasteiger partial charge in [0, 0.05) is 25.5 Å². The van der Waals surface area contributed by atoms with Gasteiger partial charge in [-0.25, -0.2) is 0 Å². The van der Waals surface area contributed by atoms with Crippen molar-refractivity contribution < 1.29 is 0 Å². The van der Waals surface area contributed by atoms with Crippen molar-refractivity contribution in [1.29, 1.82) is 0 Å². The molecule has 1 heterocycles. The van der Waals surface area contributed by atoms with Gasteiger partial charge in [-0.2, -0.15) is 0 Å². The summed E-state index contributed by atoms with van der Waals surface area (Å²) in [6.07, 6.45) is 2.93. The quantitative estimate of drug-likeness (QED) is 0.893. The van der Waals surface area contributed by atoms with Crippen LogP contribution in [0.5, 0.6) is 0 Å². The van der Waals surface area contributed by atoms with Crippen LogP contribution in [0.25, 0.3) is 0 Å². The molecule has 1 aromatic carbocycles. The van der Waals surface area contributed by atoms with Crippen molar-refractivity contribution >= 4 is 5.69 Å². The monoisotopic (exact) mass is 255 g/mol. The third-order valence-corrected chi connectivity index (χ3v) is 3.31. The Morgan fingerprint density at radius 2 is 1.74 bits per heavy atom. The Hall–Kier alpha value is -1.87. The van der Waals surface area contributed by atoms with Gasteiger partial charge in [0.05, 0.1) is 12.2 Å². The number of aryl methyl sites for hydroxylation is 1. The maximum Gasteiger partial charge on any atom is 0.0598 e. The highest BCUT2D eigenvalue weighted by molar-refractivity contribution is 5.47. The van der Waals surface area contributed by atoms with Gasteiger partial charge in [0.15, 0.2) is 0 Å². The van der Waals surface area contributed by atoms with Crippen molar-refractivity contribution in [3.05, 3.63) is 59.4 Å². The van der Waals surface area contributed by atoms with E-state index in [9.17, 15) is 0 Å². The maximum absolute atomic E-state index is 5.57. The van der Waals surface area contributed by atoms with E-state index in [1.807, 2.05) is 18.3 Å². The minimum absolute atomic E-state index is 0.543. The molecular formula is C16H21N3. The third-order valence-electron chi connectivity index (χ3n) is 3.31. The molecule has 19 heavy (non-hydrogen) atoms. The minimum Gasteiger partial charge on any atom is -0.369 e. The Bertz CT molecular complexity index is 503. The minimum atomic E-state index is 0.543. The summed E-state index contributed by atoms with van der Waals surface area (Å²) >= 11 is 0. The predicted molar refractivity (Wildman–Crippen MR) is 80.1 cm³/mol. The number of pyridine rings is 1. The Labute approximate surface area is 115 Å². The van der Waals surface area contributed by atoms with Crippen molar-refractivity contribution in [3.63, 3.8) is 0 Å². The number of aromatic nitrogens is 1. The number of anilines is 1. The van der Waals surface area contributed by atoms with Gasteiger partial charge in [0.25, 0.3) is 0 Å². The molecule has 0 aliphatic heterocycles. The van der Waals surface area contributed by atoms with Crippen molar-refractivity contribution in [2.75, 3.05) is 11.9 Å². The highest BCUT2D eigenvalue weighted by Gasteiger charge is 2.03. The molecule has 0 aliphatic rings. The molecule has 100 valence electrons. The Morgan fingerprint density at radius 3 is 2.26 bits per heavy atom. The smallest absolute Gasteiger partial charge is 0.0598 e. The second-order valence-corrected chi connectivity index (χ2v) is 4.74. The van der Waals surface area contributed by atoms with Crippen molar-refractivity contribution in [2.45, 2.75) is 26.4 Å². The van der Waals surface area contributed by atoms with Gasteiger partial charge >= 0.3 is 0 Å². The van der Waals surface area contributed by atoms with Crippen molar-refractivity contribution in [1.82, 2.24) is 4.98 Å². The van der Waals surface area contributed by atoms with E-state index in [0.717, 1.165) is 24.2 Å². The van der Waals surface area contributed by atoms with Crippen LogP contribution in [0.2, 0.25) is 0 Å². The second kappa shape index (κ2) is 6.34. The molecule has 0 aliphatic carbocycles. The van der Waals surface area contributed by atoms with Crippen LogP contribution in [0.4, 0.5) is 5.69 Å². The summed E-state index contributed by atoms with van der Waals surface area (Å²) in [7, 11) is 2.08. The first kappa shape index (κ1) is 13.6. The molecule has 0 atom stereocenters. The van der Waals surface area contributed by atoms with Crippen LogP contribution in [0, 0.1) is 0 Å². The topological polar surface area (TPSA) is 42.1 Å². The predicted octanol–water partition coefficient (Wildman–Crippen LogP) is 2.74. The van der Waals surface area contributed by atoms with E-state index in [1.165, 1.54) is 11.3 Å². The van der Waals surface area contributed by atoms with Crippen LogP contribution in [0.15, 0.2) is 42.6 Å². The highest BCUT2D eigenvalue weighted by atomic mass is 15.1. The van der Waals surface area contributed by atoms with Gasteiger partial charge in [-0.3, -0.25) is 4.98 Å². The number of nitrogens with two attached hydrogens (primary N) is 1. The van der Waals surface area contributed by atoms with Crippen molar-refractivity contribution in [3.8, 4) is 0 Å². The Kier molecular flexibility index (Phi) is 4.53. The van der Waals surface area contributed by atoms with Crippen LogP contribution in [-0.4, -0.2) is 12.0 Å². The fourth-order valence-electron chi connectivity index (χ4n) is 1.99. The molecule has 0 unspecified atom stereocenters. The zero-order chi connectivity index (χ0) is 13.7. The lowest BCUT2D eigenvalue weighted by Gasteiger charge is -2.19. The van der Waals surface area contributed by atoms with Gasteiger partial charge in [0.2, 0.25) is 0 Å². The standard InChI is InChI=1S/C16H21N3/c1-3-13-5-8-16(9-6-13)19(2)12-15-7-4-14(10-17)11-18-15/h4-9,11H,3,10,12,17H2,1-2H3. The van der Waals surface area contributed by atoms with Gasteiger partial charge in [-0.1, -0.05) is 25.1 Å². The first-order valence-electron chi connectivity index (χ1n) is 6.67. The summed E-state index contributed by atoms with van der Waals surface area (Å²) in [4.78, 5) is 6.63. The van der Waals surface area contributed by atoms with E-state index >= 15 is 0 Å². The molecule has 0 amide bonds. The number of benzene rings is 1. The first-order chi connectivity index (χ1) is 9.22. The Morgan fingerprint density at radius 1 is 1.05 bits per heavy atom. The molecule has 3 heteroatoms. The van der Waals surface area contributed by atoms with Crippen LogP contribution < -0.4 is 10.6 Å². The molecular weight excluding hydrogens is 234 g/mol. The Balaban J connectivity index is 2.04. The first-order valence-corrected chi connectivity index (χ1v) is 6.67. The van der Waals surface area contributed by atoms with Gasteiger partial charge in [-0.05, 0) is 35.7 Å². The molecule has 0 spiro atoms. The largest absolute Gasteiger partial charge is 0.369 e. The van der Waals surface area contributed by atoms with Crippen LogP contribution >= 0.6 is 0 Å². The number of rotatable bonds is 5. The highest BCUT2D eigenvalue weighted by Crippen LogP contribution is 2.16. The lowest BCUT2D eigenvalue weighted by Crippen LogP contribution is -2.17. The van der Waals surface area contributed by atoms with E-state index < -0.39 is 0 Å². The summed E-state index contributed by atoms with van der Waals surface area (Å²) in [6.45, 7) is 3.51. The average Bonchev–Trinajstić information content (AvgIpc) is 2.48. The van der Waals surface area contributed by atoms with Crippen molar-refractivity contribution in [2.24, 2.45) is 5.73 Å². The second-order valence-electron chi connectivity index (χ2n) is 4.74. The molecule has 0 saturated carbocycles. The van der Waals surface area contributed by atoms with E-state index in [4.69, 9.17) is 5.73 Å². The van der Waals surface area contributed by atoms with Crippen LogP contribution in [0.3, 0.4) is 0 Å².